The Labute approximate surface area is 116 Å². The van der Waals surface area contributed by atoms with Crippen molar-refractivity contribution >= 4 is 29.2 Å². The molecule has 2 heterocycles. The van der Waals surface area contributed by atoms with Crippen LogP contribution >= 0.6 is 23.4 Å². The molecule has 94 valence electrons. The fourth-order valence-corrected chi connectivity index (χ4v) is 3.47. The number of hydrogen-bond donors (Lipinski definition) is 1. The fraction of sp³-hybridized carbons (Fsp3) is 0.308. The highest BCUT2D eigenvalue weighted by molar-refractivity contribution is 7.99. The van der Waals surface area contributed by atoms with Crippen molar-refractivity contribution in [1.29, 1.82) is 0 Å². The quantitative estimate of drug-likeness (QED) is 0.909. The lowest BCUT2D eigenvalue weighted by Crippen LogP contribution is -2.16. The van der Waals surface area contributed by atoms with Crippen LogP contribution in [0.5, 0.6) is 0 Å². The first kappa shape index (κ1) is 11.9. The van der Waals surface area contributed by atoms with Crippen LogP contribution in [0, 0.1) is 0 Å². The average Bonchev–Trinajstić information content (AvgIpc) is 2.76. The molecule has 5 heteroatoms. The lowest BCUT2D eigenvalue weighted by atomic mass is 10.0. The normalized spacial score (nSPS) is 18.4. The number of halogens is 1. The topological polar surface area (TPSA) is 29.9 Å². The number of nitrogens with zero attached hydrogens (tertiary/aromatic N) is 2. The van der Waals surface area contributed by atoms with Crippen molar-refractivity contribution in [3.8, 4) is 0 Å². The molecule has 1 aliphatic heterocycles. The largest absolute Gasteiger partial charge is 0.362 e. The SMILES string of the molecule is Cn1ccc(NC2CCSc3ccc(Cl)cc32)n1. The lowest BCUT2D eigenvalue weighted by Gasteiger charge is -2.26. The summed E-state index contributed by atoms with van der Waals surface area (Å²) in [5, 5.41) is 8.64. The molecular weight excluding hydrogens is 266 g/mol. The zero-order valence-corrected chi connectivity index (χ0v) is 11.6. The standard InChI is InChI=1S/C13H14ClN3S/c1-17-6-4-13(16-17)15-11-5-7-18-12-3-2-9(14)8-10(11)12/h2-4,6,8,11H,5,7H2,1H3,(H,15,16). The number of anilines is 1. The van der Waals surface area contributed by atoms with Crippen LogP contribution < -0.4 is 5.32 Å². The molecular formula is C13H14ClN3S. The van der Waals surface area contributed by atoms with Gasteiger partial charge in [0.1, 0.15) is 5.82 Å². The number of fused-ring (bicyclic) bond motifs is 1. The summed E-state index contributed by atoms with van der Waals surface area (Å²) in [6, 6.07) is 8.41. The van der Waals surface area contributed by atoms with E-state index < -0.39 is 0 Å². The summed E-state index contributed by atoms with van der Waals surface area (Å²) in [5.41, 5.74) is 1.28. The van der Waals surface area contributed by atoms with Crippen molar-refractivity contribution < 1.29 is 0 Å². The van der Waals surface area contributed by atoms with Crippen LogP contribution in [0.1, 0.15) is 18.0 Å². The van der Waals surface area contributed by atoms with Crippen molar-refractivity contribution in [1.82, 2.24) is 9.78 Å². The van der Waals surface area contributed by atoms with Crippen LogP contribution in [0.4, 0.5) is 5.82 Å². The number of benzene rings is 1. The molecule has 1 atom stereocenters. The predicted octanol–water partition coefficient (Wildman–Crippen LogP) is 3.72. The van der Waals surface area contributed by atoms with E-state index in [0.29, 0.717) is 6.04 Å². The van der Waals surface area contributed by atoms with Crippen LogP contribution in [0.15, 0.2) is 35.4 Å². The molecule has 1 unspecified atom stereocenters. The van der Waals surface area contributed by atoms with Gasteiger partial charge in [0.2, 0.25) is 0 Å². The summed E-state index contributed by atoms with van der Waals surface area (Å²) >= 11 is 7.98. The van der Waals surface area contributed by atoms with Gasteiger partial charge in [-0.15, -0.1) is 11.8 Å². The van der Waals surface area contributed by atoms with Gasteiger partial charge in [0.25, 0.3) is 0 Å². The number of thioether (sulfide) groups is 1. The lowest BCUT2D eigenvalue weighted by molar-refractivity contribution is 0.710. The second-order valence-corrected chi connectivity index (χ2v) is 5.96. The Morgan fingerprint density at radius 2 is 2.33 bits per heavy atom. The molecule has 1 N–H and O–H groups in total. The summed E-state index contributed by atoms with van der Waals surface area (Å²) < 4.78 is 1.80. The molecule has 0 aliphatic carbocycles. The van der Waals surface area contributed by atoms with Gasteiger partial charge >= 0.3 is 0 Å². The monoisotopic (exact) mass is 279 g/mol. The average molecular weight is 280 g/mol. The van der Waals surface area contributed by atoms with E-state index in [9.17, 15) is 0 Å². The maximum absolute atomic E-state index is 6.09. The number of rotatable bonds is 2. The molecule has 1 aromatic heterocycles. The fourth-order valence-electron chi connectivity index (χ4n) is 2.19. The summed E-state index contributed by atoms with van der Waals surface area (Å²) in [4.78, 5) is 1.32. The number of aryl methyl sites for hydroxylation is 1. The summed E-state index contributed by atoms with van der Waals surface area (Å²) in [7, 11) is 1.92. The number of nitrogens with one attached hydrogen (secondary N) is 1. The second kappa shape index (κ2) is 4.86. The van der Waals surface area contributed by atoms with Crippen molar-refractivity contribution in [2.75, 3.05) is 11.1 Å². The predicted molar refractivity (Wildman–Crippen MR) is 76.4 cm³/mol. The smallest absolute Gasteiger partial charge is 0.148 e. The van der Waals surface area contributed by atoms with Crippen molar-refractivity contribution in [3.63, 3.8) is 0 Å². The van der Waals surface area contributed by atoms with Gasteiger partial charge in [0.15, 0.2) is 0 Å². The van der Waals surface area contributed by atoms with Crippen LogP contribution in [-0.2, 0) is 7.05 Å². The van der Waals surface area contributed by atoms with E-state index in [1.54, 1.807) is 4.68 Å². The Morgan fingerprint density at radius 3 is 3.11 bits per heavy atom. The molecule has 0 fully saturated rings. The Balaban J connectivity index is 1.88. The van der Waals surface area contributed by atoms with Crippen molar-refractivity contribution in [2.24, 2.45) is 7.05 Å². The van der Waals surface area contributed by atoms with Gasteiger partial charge in [-0.2, -0.15) is 5.10 Å². The summed E-state index contributed by atoms with van der Waals surface area (Å²) in [6.07, 6.45) is 3.04. The highest BCUT2D eigenvalue weighted by Gasteiger charge is 2.21. The van der Waals surface area contributed by atoms with E-state index in [0.717, 1.165) is 23.0 Å². The van der Waals surface area contributed by atoms with E-state index in [4.69, 9.17) is 11.6 Å². The van der Waals surface area contributed by atoms with Gasteiger partial charge in [0, 0.05) is 35.0 Å². The van der Waals surface area contributed by atoms with Gasteiger partial charge < -0.3 is 5.32 Å². The Hall–Kier alpha value is -1.13. The van der Waals surface area contributed by atoms with Crippen LogP contribution in [0.25, 0.3) is 0 Å². The molecule has 0 bridgehead atoms. The van der Waals surface area contributed by atoms with Crippen LogP contribution in [-0.4, -0.2) is 15.5 Å². The maximum atomic E-state index is 6.09. The van der Waals surface area contributed by atoms with Gasteiger partial charge in [-0.3, -0.25) is 4.68 Å². The first-order chi connectivity index (χ1) is 8.72. The first-order valence-electron chi connectivity index (χ1n) is 5.91. The van der Waals surface area contributed by atoms with Gasteiger partial charge in [-0.1, -0.05) is 11.6 Å². The summed E-state index contributed by atoms with van der Waals surface area (Å²) in [5.74, 6) is 2.04. The molecule has 0 spiro atoms. The Kier molecular flexibility index (Phi) is 3.22. The number of aromatic nitrogens is 2. The van der Waals surface area contributed by atoms with E-state index >= 15 is 0 Å². The molecule has 0 saturated heterocycles. The molecule has 0 amide bonds. The zero-order valence-electron chi connectivity index (χ0n) is 10.1. The minimum atomic E-state index is 0.301. The van der Waals surface area contributed by atoms with E-state index in [1.807, 2.05) is 37.1 Å². The molecule has 3 nitrogen and oxygen atoms in total. The third-order valence-corrected chi connectivity index (χ3v) is 4.40. The third kappa shape index (κ3) is 2.35. The highest BCUT2D eigenvalue weighted by atomic mass is 35.5. The Bertz CT molecular complexity index is 567. The molecule has 0 saturated carbocycles. The molecule has 18 heavy (non-hydrogen) atoms. The first-order valence-corrected chi connectivity index (χ1v) is 7.27. The molecule has 3 rings (SSSR count). The summed E-state index contributed by atoms with van der Waals surface area (Å²) in [6.45, 7) is 0. The van der Waals surface area contributed by atoms with Gasteiger partial charge in [-0.05, 0) is 30.2 Å². The molecule has 2 aromatic rings. The van der Waals surface area contributed by atoms with Crippen molar-refractivity contribution in [2.45, 2.75) is 17.4 Å². The minimum absolute atomic E-state index is 0.301. The second-order valence-electron chi connectivity index (χ2n) is 4.39. The Morgan fingerprint density at radius 1 is 1.44 bits per heavy atom. The van der Waals surface area contributed by atoms with Gasteiger partial charge in [0.05, 0.1) is 6.04 Å². The molecule has 1 aromatic carbocycles. The number of hydrogen-bond acceptors (Lipinski definition) is 3. The molecule has 0 radical (unpaired) electrons. The van der Waals surface area contributed by atoms with Crippen LogP contribution in [0.2, 0.25) is 5.02 Å². The van der Waals surface area contributed by atoms with Crippen LogP contribution in [0.3, 0.4) is 0 Å². The minimum Gasteiger partial charge on any atom is -0.362 e. The molecule has 1 aliphatic rings. The van der Waals surface area contributed by atoms with E-state index in [-0.39, 0.29) is 0 Å². The zero-order chi connectivity index (χ0) is 12.5. The maximum Gasteiger partial charge on any atom is 0.148 e. The van der Waals surface area contributed by atoms with E-state index in [2.05, 4.69) is 22.5 Å². The third-order valence-electron chi connectivity index (χ3n) is 3.05. The highest BCUT2D eigenvalue weighted by Crippen LogP contribution is 2.38. The van der Waals surface area contributed by atoms with E-state index in [1.165, 1.54) is 10.5 Å². The van der Waals surface area contributed by atoms with Crippen molar-refractivity contribution in [3.05, 3.63) is 41.0 Å². The van der Waals surface area contributed by atoms with Gasteiger partial charge in [-0.25, -0.2) is 0 Å².